The molecule has 0 aliphatic heterocycles. The van der Waals surface area contributed by atoms with Crippen LogP contribution in [0.5, 0.6) is 0 Å². The molecule has 28 heavy (non-hydrogen) atoms. The van der Waals surface area contributed by atoms with Crippen LogP contribution >= 0.6 is 11.3 Å². The standard InChI is InChI=1S/C22H18FNO3S/c1-3-10-24(17-7-5-4-6-16(17)23)21(25)19-12-15-20(28-19)14-11-13(2)8-9-18(14)27-22(15)26/h4-9,11-12H,3,10H2,1-2H3. The number of anilines is 1. The number of aryl methyl sites for hydroxylation is 1. The highest BCUT2D eigenvalue weighted by atomic mass is 32.1. The summed E-state index contributed by atoms with van der Waals surface area (Å²) in [5, 5.41) is 1.17. The van der Waals surface area contributed by atoms with Crippen molar-refractivity contribution >= 4 is 44.0 Å². The number of nitrogens with zero attached hydrogens (tertiary/aromatic N) is 1. The van der Waals surface area contributed by atoms with E-state index in [0.717, 1.165) is 10.9 Å². The molecular formula is C22H18FNO3S. The van der Waals surface area contributed by atoms with E-state index in [4.69, 9.17) is 4.42 Å². The Morgan fingerprint density at radius 2 is 1.93 bits per heavy atom. The van der Waals surface area contributed by atoms with Crippen LogP contribution in [0.4, 0.5) is 10.1 Å². The lowest BCUT2D eigenvalue weighted by Crippen LogP contribution is -2.31. The molecule has 0 aliphatic rings. The number of rotatable bonds is 4. The minimum atomic E-state index is -0.477. The zero-order valence-electron chi connectivity index (χ0n) is 15.5. The summed E-state index contributed by atoms with van der Waals surface area (Å²) in [6.07, 6.45) is 0.676. The fraction of sp³-hybridized carbons (Fsp3) is 0.182. The Labute approximate surface area is 164 Å². The second-order valence-corrected chi connectivity index (χ2v) is 7.70. The topological polar surface area (TPSA) is 50.5 Å². The number of hydrogen-bond acceptors (Lipinski definition) is 4. The number of halogens is 1. The third-order valence-corrected chi connectivity index (χ3v) is 5.74. The molecule has 0 N–H and O–H groups in total. The van der Waals surface area contributed by atoms with E-state index in [2.05, 4.69) is 0 Å². The van der Waals surface area contributed by atoms with Gasteiger partial charge in [0.25, 0.3) is 5.91 Å². The first-order valence-corrected chi connectivity index (χ1v) is 9.84. The molecule has 0 unspecified atom stereocenters. The van der Waals surface area contributed by atoms with Crippen LogP contribution in [0, 0.1) is 12.7 Å². The van der Waals surface area contributed by atoms with E-state index in [1.165, 1.54) is 22.3 Å². The first-order valence-electron chi connectivity index (χ1n) is 9.03. The molecule has 6 heteroatoms. The molecule has 2 heterocycles. The summed E-state index contributed by atoms with van der Waals surface area (Å²) in [4.78, 5) is 27.4. The Morgan fingerprint density at radius 3 is 2.68 bits per heavy atom. The molecule has 0 aliphatic carbocycles. The monoisotopic (exact) mass is 395 g/mol. The molecule has 0 spiro atoms. The number of carbonyl (C=O) groups excluding carboxylic acids is 1. The summed E-state index contributed by atoms with van der Waals surface area (Å²) >= 11 is 1.24. The second kappa shape index (κ2) is 7.20. The van der Waals surface area contributed by atoms with Crippen molar-refractivity contribution in [1.29, 1.82) is 0 Å². The Morgan fingerprint density at radius 1 is 1.14 bits per heavy atom. The zero-order valence-corrected chi connectivity index (χ0v) is 16.3. The van der Waals surface area contributed by atoms with Gasteiger partial charge in [-0.1, -0.05) is 30.7 Å². The van der Waals surface area contributed by atoms with Crippen molar-refractivity contribution in [2.75, 3.05) is 11.4 Å². The maximum Gasteiger partial charge on any atom is 0.345 e. The minimum Gasteiger partial charge on any atom is -0.422 e. The van der Waals surface area contributed by atoms with Crippen LogP contribution in [0.1, 0.15) is 28.6 Å². The van der Waals surface area contributed by atoms with Gasteiger partial charge >= 0.3 is 5.63 Å². The van der Waals surface area contributed by atoms with Crippen molar-refractivity contribution in [2.45, 2.75) is 20.3 Å². The summed E-state index contributed by atoms with van der Waals surface area (Å²) < 4.78 is 20.4. The van der Waals surface area contributed by atoms with Crippen LogP contribution < -0.4 is 10.5 Å². The van der Waals surface area contributed by atoms with Crippen molar-refractivity contribution in [2.24, 2.45) is 0 Å². The first-order chi connectivity index (χ1) is 13.5. The first kappa shape index (κ1) is 18.4. The van der Waals surface area contributed by atoms with Crippen LogP contribution in [0.25, 0.3) is 21.1 Å². The van der Waals surface area contributed by atoms with Gasteiger partial charge in [0.05, 0.1) is 20.7 Å². The largest absolute Gasteiger partial charge is 0.422 e. The highest BCUT2D eigenvalue weighted by molar-refractivity contribution is 7.21. The molecule has 0 atom stereocenters. The van der Waals surface area contributed by atoms with Crippen LogP contribution in [-0.2, 0) is 0 Å². The number of para-hydroxylation sites is 1. The van der Waals surface area contributed by atoms with Crippen molar-refractivity contribution in [3.63, 3.8) is 0 Å². The normalized spacial score (nSPS) is 11.2. The van der Waals surface area contributed by atoms with Gasteiger partial charge in [-0.05, 0) is 43.7 Å². The zero-order chi connectivity index (χ0) is 19.8. The molecular weight excluding hydrogens is 377 g/mol. The Bertz CT molecular complexity index is 1260. The van der Waals surface area contributed by atoms with E-state index in [0.29, 0.717) is 33.5 Å². The van der Waals surface area contributed by atoms with E-state index >= 15 is 0 Å². The van der Waals surface area contributed by atoms with E-state index in [9.17, 15) is 14.0 Å². The molecule has 4 aromatic rings. The molecule has 4 nitrogen and oxygen atoms in total. The van der Waals surface area contributed by atoms with Gasteiger partial charge in [0.15, 0.2) is 0 Å². The maximum absolute atomic E-state index is 14.3. The molecule has 0 radical (unpaired) electrons. The minimum absolute atomic E-state index is 0.236. The number of benzene rings is 2. The molecule has 1 amide bonds. The predicted octanol–water partition coefficient (Wildman–Crippen LogP) is 5.51. The fourth-order valence-corrected chi connectivity index (χ4v) is 4.39. The smallest absolute Gasteiger partial charge is 0.345 e. The summed E-state index contributed by atoms with van der Waals surface area (Å²) in [5.41, 5.74) is 1.28. The lowest BCUT2D eigenvalue weighted by Gasteiger charge is -2.22. The maximum atomic E-state index is 14.3. The molecule has 0 fully saturated rings. The highest BCUT2D eigenvalue weighted by Gasteiger charge is 2.23. The number of fused-ring (bicyclic) bond motifs is 3. The van der Waals surface area contributed by atoms with Gasteiger partial charge in [-0.25, -0.2) is 9.18 Å². The Hall–Kier alpha value is -2.99. The highest BCUT2D eigenvalue weighted by Crippen LogP contribution is 2.33. The average Bonchev–Trinajstić information content (AvgIpc) is 3.13. The molecule has 0 saturated heterocycles. The van der Waals surface area contributed by atoms with Gasteiger partial charge in [-0.2, -0.15) is 0 Å². The lowest BCUT2D eigenvalue weighted by molar-refractivity contribution is 0.0990. The van der Waals surface area contributed by atoms with E-state index < -0.39 is 11.4 Å². The number of thiophene rings is 1. The number of hydrogen-bond donors (Lipinski definition) is 0. The van der Waals surface area contributed by atoms with Crippen LogP contribution in [0.2, 0.25) is 0 Å². The van der Waals surface area contributed by atoms with Crippen LogP contribution in [0.15, 0.2) is 57.7 Å². The van der Waals surface area contributed by atoms with E-state index in [-0.39, 0.29) is 11.6 Å². The van der Waals surface area contributed by atoms with E-state index in [1.54, 1.807) is 30.3 Å². The molecule has 4 rings (SSSR count). The third kappa shape index (κ3) is 3.10. The molecule has 2 aromatic heterocycles. The average molecular weight is 395 g/mol. The number of carbonyl (C=O) groups is 1. The predicted molar refractivity (Wildman–Crippen MR) is 111 cm³/mol. The van der Waals surface area contributed by atoms with Crippen molar-refractivity contribution in [1.82, 2.24) is 0 Å². The fourth-order valence-electron chi connectivity index (χ4n) is 3.27. The third-order valence-electron chi connectivity index (χ3n) is 4.58. The van der Waals surface area contributed by atoms with Gasteiger partial charge in [-0.15, -0.1) is 11.3 Å². The lowest BCUT2D eigenvalue weighted by atomic mass is 10.1. The van der Waals surface area contributed by atoms with Crippen LogP contribution in [0.3, 0.4) is 0 Å². The van der Waals surface area contributed by atoms with Crippen molar-refractivity contribution < 1.29 is 13.6 Å². The molecule has 142 valence electrons. The van der Waals surface area contributed by atoms with Gasteiger partial charge in [-0.3, -0.25) is 4.79 Å². The van der Waals surface area contributed by atoms with Gasteiger partial charge in [0.2, 0.25) is 0 Å². The number of amides is 1. The van der Waals surface area contributed by atoms with E-state index in [1.807, 2.05) is 26.0 Å². The molecule has 0 bridgehead atoms. The SMILES string of the molecule is CCCN(C(=O)c1cc2c(=O)oc3ccc(C)cc3c2s1)c1ccccc1F. The second-order valence-electron chi connectivity index (χ2n) is 6.65. The summed E-state index contributed by atoms with van der Waals surface area (Å²) in [7, 11) is 0. The van der Waals surface area contributed by atoms with Crippen molar-refractivity contribution in [3.05, 3.63) is 75.2 Å². The molecule has 0 saturated carbocycles. The summed E-state index contributed by atoms with van der Waals surface area (Å²) in [6, 6.07) is 13.3. The van der Waals surface area contributed by atoms with Gasteiger partial charge < -0.3 is 9.32 Å². The quantitative estimate of drug-likeness (QED) is 0.428. The van der Waals surface area contributed by atoms with Gasteiger partial charge in [0, 0.05) is 11.9 Å². The Kier molecular flexibility index (Phi) is 4.73. The van der Waals surface area contributed by atoms with Crippen molar-refractivity contribution in [3.8, 4) is 0 Å². The molecule has 2 aromatic carbocycles. The summed E-state index contributed by atoms with van der Waals surface area (Å²) in [5.74, 6) is -0.778. The van der Waals surface area contributed by atoms with Crippen LogP contribution in [-0.4, -0.2) is 12.5 Å². The van der Waals surface area contributed by atoms with Gasteiger partial charge in [0.1, 0.15) is 11.4 Å². The Balaban J connectivity index is 1.88. The summed E-state index contributed by atoms with van der Waals surface area (Å²) in [6.45, 7) is 4.26.